The van der Waals surface area contributed by atoms with Gasteiger partial charge in [0.05, 0.1) is 6.61 Å². The Morgan fingerprint density at radius 2 is 2.00 bits per heavy atom. The van der Waals surface area contributed by atoms with Gasteiger partial charge in [-0.05, 0) is 27.2 Å². The van der Waals surface area contributed by atoms with E-state index in [1.54, 1.807) is 20.8 Å². The molecule has 0 aliphatic rings. The second-order valence-electron chi connectivity index (χ2n) is 3.40. The molecule has 0 aromatic carbocycles. The molecule has 0 aliphatic carbocycles. The maximum absolute atomic E-state index is 11.3. The minimum atomic E-state index is -0.662. The van der Waals surface area contributed by atoms with E-state index in [2.05, 4.69) is 18.8 Å². The first kappa shape index (κ1) is 12.0. The third-order valence-electron chi connectivity index (χ3n) is 1.56. The lowest BCUT2D eigenvalue weighted by Gasteiger charge is -2.14. The Morgan fingerprint density at radius 1 is 1.38 bits per heavy atom. The molecule has 0 heterocycles. The molecular formula is C11H18O2. The summed E-state index contributed by atoms with van der Waals surface area (Å²) in [4.78, 5) is 11.3. The molecule has 0 atom stereocenters. The molecule has 2 nitrogen and oxygen atoms in total. The monoisotopic (exact) mass is 182 g/mol. The lowest BCUT2D eigenvalue weighted by atomic mass is 9.94. The highest BCUT2D eigenvalue weighted by molar-refractivity contribution is 5.79. The van der Waals surface area contributed by atoms with Crippen LogP contribution in [0.4, 0.5) is 0 Å². The zero-order chi connectivity index (χ0) is 10.3. The number of rotatable bonds is 3. The second kappa shape index (κ2) is 5.64. The Hall–Kier alpha value is -0.970. The highest BCUT2D eigenvalue weighted by Gasteiger charge is 2.26. The topological polar surface area (TPSA) is 26.3 Å². The van der Waals surface area contributed by atoms with Crippen LogP contribution < -0.4 is 0 Å². The molecule has 74 valence electrons. The van der Waals surface area contributed by atoms with E-state index < -0.39 is 5.41 Å². The molecular weight excluding hydrogens is 164 g/mol. The molecule has 0 aromatic rings. The number of ether oxygens (including phenoxy) is 1. The van der Waals surface area contributed by atoms with E-state index in [4.69, 9.17) is 4.74 Å². The van der Waals surface area contributed by atoms with Crippen LogP contribution in [0.1, 0.15) is 40.5 Å². The highest BCUT2D eigenvalue weighted by atomic mass is 16.5. The van der Waals surface area contributed by atoms with Gasteiger partial charge in [0.1, 0.15) is 5.41 Å². The first-order valence-electron chi connectivity index (χ1n) is 4.71. The number of unbranched alkanes of at least 4 members (excludes halogenated alkanes) is 1. The largest absolute Gasteiger partial charge is 0.465 e. The fraction of sp³-hybridized carbons (Fsp3) is 0.727. The summed E-state index contributed by atoms with van der Waals surface area (Å²) in [6, 6.07) is 0. The van der Waals surface area contributed by atoms with Gasteiger partial charge in [-0.3, -0.25) is 4.79 Å². The van der Waals surface area contributed by atoms with Gasteiger partial charge >= 0.3 is 5.97 Å². The molecule has 0 amide bonds. The van der Waals surface area contributed by atoms with E-state index in [-0.39, 0.29) is 5.97 Å². The van der Waals surface area contributed by atoms with Crippen molar-refractivity contribution in [2.45, 2.75) is 40.5 Å². The molecule has 0 N–H and O–H groups in total. The summed E-state index contributed by atoms with van der Waals surface area (Å²) < 4.78 is 4.90. The van der Waals surface area contributed by atoms with Gasteiger partial charge in [-0.25, -0.2) is 0 Å². The Labute approximate surface area is 80.7 Å². The zero-order valence-electron chi connectivity index (χ0n) is 8.94. The van der Waals surface area contributed by atoms with E-state index >= 15 is 0 Å². The molecule has 0 rings (SSSR count). The normalized spacial score (nSPS) is 10.2. The number of esters is 1. The first-order chi connectivity index (χ1) is 6.04. The third-order valence-corrected chi connectivity index (χ3v) is 1.56. The molecule has 13 heavy (non-hydrogen) atoms. The predicted molar refractivity (Wildman–Crippen MR) is 53.1 cm³/mol. The first-order valence-corrected chi connectivity index (χ1v) is 4.71. The average Bonchev–Trinajstić information content (AvgIpc) is 2.05. The van der Waals surface area contributed by atoms with Crippen LogP contribution in [0, 0.1) is 17.3 Å². The number of carbonyl (C=O) groups is 1. The smallest absolute Gasteiger partial charge is 0.323 e. The van der Waals surface area contributed by atoms with E-state index in [1.165, 1.54) is 0 Å². The molecule has 0 unspecified atom stereocenters. The quantitative estimate of drug-likeness (QED) is 0.495. The molecule has 0 aromatic heterocycles. The Balaban J connectivity index is 4.23. The van der Waals surface area contributed by atoms with Crippen LogP contribution in [0.5, 0.6) is 0 Å². The number of carbonyl (C=O) groups excluding carboxylic acids is 1. The molecule has 0 aliphatic heterocycles. The Morgan fingerprint density at radius 3 is 2.46 bits per heavy atom. The highest BCUT2D eigenvalue weighted by Crippen LogP contribution is 2.15. The molecule has 0 saturated heterocycles. The summed E-state index contributed by atoms with van der Waals surface area (Å²) in [5.74, 6) is 5.65. The summed E-state index contributed by atoms with van der Waals surface area (Å²) in [6.45, 7) is 7.85. The van der Waals surface area contributed by atoms with Crippen molar-refractivity contribution >= 4 is 5.97 Å². The maximum atomic E-state index is 11.3. The SMILES string of the molecule is CCCC#CC(C)(C)C(=O)OCC. The Kier molecular flexibility index (Phi) is 5.22. The van der Waals surface area contributed by atoms with Gasteiger partial charge in [-0.2, -0.15) is 0 Å². The second-order valence-corrected chi connectivity index (χ2v) is 3.40. The standard InChI is InChI=1S/C11H18O2/c1-5-7-8-9-11(3,4)10(12)13-6-2/h5-7H2,1-4H3. The molecule has 0 radical (unpaired) electrons. The summed E-state index contributed by atoms with van der Waals surface area (Å²) >= 11 is 0. The van der Waals surface area contributed by atoms with Crippen LogP contribution in [-0.4, -0.2) is 12.6 Å². The summed E-state index contributed by atoms with van der Waals surface area (Å²) in [5.41, 5.74) is -0.662. The van der Waals surface area contributed by atoms with Crippen molar-refractivity contribution in [2.75, 3.05) is 6.61 Å². The van der Waals surface area contributed by atoms with Gasteiger partial charge in [0.2, 0.25) is 0 Å². The predicted octanol–water partition coefficient (Wildman–Crippen LogP) is 2.38. The lowest BCUT2D eigenvalue weighted by Crippen LogP contribution is -2.24. The van der Waals surface area contributed by atoms with Gasteiger partial charge in [-0.1, -0.05) is 12.8 Å². The van der Waals surface area contributed by atoms with Crippen LogP contribution in [0.3, 0.4) is 0 Å². The van der Waals surface area contributed by atoms with Crippen molar-refractivity contribution in [2.24, 2.45) is 5.41 Å². The van der Waals surface area contributed by atoms with Crippen molar-refractivity contribution in [1.82, 2.24) is 0 Å². The average molecular weight is 182 g/mol. The van der Waals surface area contributed by atoms with E-state index in [1.807, 2.05) is 0 Å². The van der Waals surface area contributed by atoms with Gasteiger partial charge < -0.3 is 4.74 Å². The molecule has 0 fully saturated rings. The van der Waals surface area contributed by atoms with Crippen molar-refractivity contribution in [3.05, 3.63) is 0 Å². The summed E-state index contributed by atoms with van der Waals surface area (Å²) in [6.07, 6.45) is 1.86. The van der Waals surface area contributed by atoms with E-state index in [0.29, 0.717) is 6.61 Å². The summed E-state index contributed by atoms with van der Waals surface area (Å²) in [5, 5.41) is 0. The van der Waals surface area contributed by atoms with Gasteiger partial charge in [-0.15, -0.1) is 5.92 Å². The van der Waals surface area contributed by atoms with Gasteiger partial charge in [0, 0.05) is 6.42 Å². The fourth-order valence-corrected chi connectivity index (χ4v) is 0.771. The van der Waals surface area contributed by atoms with E-state index in [0.717, 1.165) is 12.8 Å². The molecule has 2 heteroatoms. The number of hydrogen-bond acceptors (Lipinski definition) is 2. The third kappa shape index (κ3) is 4.57. The van der Waals surface area contributed by atoms with Crippen molar-refractivity contribution < 1.29 is 9.53 Å². The Bertz CT molecular complexity index is 218. The number of hydrogen-bond donors (Lipinski definition) is 0. The molecule has 0 saturated carbocycles. The van der Waals surface area contributed by atoms with Crippen molar-refractivity contribution in [3.8, 4) is 11.8 Å². The minimum Gasteiger partial charge on any atom is -0.465 e. The van der Waals surface area contributed by atoms with Crippen LogP contribution in [0.2, 0.25) is 0 Å². The van der Waals surface area contributed by atoms with Crippen molar-refractivity contribution in [3.63, 3.8) is 0 Å². The van der Waals surface area contributed by atoms with Gasteiger partial charge in [0.25, 0.3) is 0 Å². The van der Waals surface area contributed by atoms with Crippen LogP contribution in [-0.2, 0) is 9.53 Å². The fourth-order valence-electron chi connectivity index (χ4n) is 0.771. The molecule has 0 spiro atoms. The maximum Gasteiger partial charge on any atom is 0.323 e. The van der Waals surface area contributed by atoms with Crippen LogP contribution in [0.25, 0.3) is 0 Å². The van der Waals surface area contributed by atoms with E-state index in [9.17, 15) is 4.79 Å². The lowest BCUT2D eigenvalue weighted by molar-refractivity contribution is -0.150. The van der Waals surface area contributed by atoms with Crippen LogP contribution in [0.15, 0.2) is 0 Å². The van der Waals surface area contributed by atoms with Crippen LogP contribution >= 0.6 is 0 Å². The molecule has 0 bridgehead atoms. The van der Waals surface area contributed by atoms with Gasteiger partial charge in [0.15, 0.2) is 0 Å². The summed E-state index contributed by atoms with van der Waals surface area (Å²) in [7, 11) is 0. The minimum absolute atomic E-state index is 0.237. The van der Waals surface area contributed by atoms with Crippen molar-refractivity contribution in [1.29, 1.82) is 0 Å². The zero-order valence-corrected chi connectivity index (χ0v) is 8.94.